The zero-order valence-corrected chi connectivity index (χ0v) is 10.5. The van der Waals surface area contributed by atoms with E-state index in [-0.39, 0.29) is 11.8 Å². The van der Waals surface area contributed by atoms with E-state index in [1.54, 1.807) is 6.20 Å². The fourth-order valence-electron chi connectivity index (χ4n) is 2.24. The van der Waals surface area contributed by atoms with E-state index in [1.165, 1.54) is 26.2 Å². The van der Waals surface area contributed by atoms with Crippen molar-refractivity contribution < 1.29 is 9.90 Å². The average Bonchev–Trinajstić information content (AvgIpc) is 2.60. The van der Waals surface area contributed by atoms with Crippen LogP contribution >= 0.6 is 0 Å². The first-order valence-electron chi connectivity index (χ1n) is 6.23. The predicted octanol–water partition coefficient (Wildman–Crippen LogP) is 2.01. The molecule has 3 unspecified atom stereocenters. The largest absolute Gasteiger partial charge is 0.386 e. The highest BCUT2D eigenvalue weighted by atomic mass is 16.3. The molecule has 1 rings (SSSR count). The zero-order chi connectivity index (χ0) is 12.1. The van der Waals surface area contributed by atoms with Crippen LogP contribution < -0.4 is 5.32 Å². The number of ketones is 1. The molecule has 0 aromatic heterocycles. The van der Waals surface area contributed by atoms with Gasteiger partial charge in [0.25, 0.3) is 0 Å². The second-order valence-corrected chi connectivity index (χ2v) is 4.77. The molecule has 0 radical (unpaired) electrons. The summed E-state index contributed by atoms with van der Waals surface area (Å²) in [6, 6.07) is 0.00996. The summed E-state index contributed by atoms with van der Waals surface area (Å²) in [6.45, 7) is 5.82. The first kappa shape index (κ1) is 13.2. The molecule has 0 bridgehead atoms. The fraction of sp³-hybridized carbons (Fsp3) is 0.769. The summed E-state index contributed by atoms with van der Waals surface area (Å²) in [4.78, 5) is 11.2. The van der Waals surface area contributed by atoms with Crippen molar-refractivity contribution in [1.82, 2.24) is 5.32 Å². The van der Waals surface area contributed by atoms with Gasteiger partial charge in [0, 0.05) is 11.8 Å². The molecule has 16 heavy (non-hydrogen) atoms. The smallest absolute Gasteiger partial charge is 0.159 e. The van der Waals surface area contributed by atoms with Crippen LogP contribution in [0.5, 0.6) is 0 Å². The average molecular weight is 225 g/mol. The molecule has 1 aliphatic heterocycles. The van der Waals surface area contributed by atoms with Gasteiger partial charge in [-0.15, -0.1) is 0 Å². The van der Waals surface area contributed by atoms with E-state index in [0.717, 1.165) is 6.42 Å². The molecule has 92 valence electrons. The molecule has 0 amide bonds. The Morgan fingerprint density at radius 2 is 2.25 bits per heavy atom. The number of Topliss-reactive ketones (excluding diaryl/α,β-unsaturated/α-hetero) is 1. The topological polar surface area (TPSA) is 49.3 Å². The molecule has 0 saturated heterocycles. The third-order valence-electron chi connectivity index (χ3n) is 3.37. The molecule has 0 spiro atoms. The van der Waals surface area contributed by atoms with Gasteiger partial charge in [-0.3, -0.25) is 4.79 Å². The lowest BCUT2D eigenvalue weighted by Gasteiger charge is -2.24. The minimum Gasteiger partial charge on any atom is -0.386 e. The van der Waals surface area contributed by atoms with Gasteiger partial charge in [0.15, 0.2) is 5.78 Å². The van der Waals surface area contributed by atoms with Crippen LogP contribution in [-0.4, -0.2) is 23.0 Å². The second kappa shape index (κ2) is 6.04. The minimum absolute atomic E-state index is 0.00996. The fourth-order valence-corrected chi connectivity index (χ4v) is 2.24. The van der Waals surface area contributed by atoms with Gasteiger partial charge >= 0.3 is 0 Å². The van der Waals surface area contributed by atoms with Crippen LogP contribution in [0.4, 0.5) is 0 Å². The van der Waals surface area contributed by atoms with Crippen molar-refractivity contribution in [2.24, 2.45) is 5.92 Å². The van der Waals surface area contributed by atoms with E-state index in [0.29, 0.717) is 11.5 Å². The lowest BCUT2D eigenvalue weighted by Crippen LogP contribution is -2.38. The molecular weight excluding hydrogens is 202 g/mol. The lowest BCUT2D eigenvalue weighted by molar-refractivity contribution is -0.114. The van der Waals surface area contributed by atoms with Crippen molar-refractivity contribution in [2.45, 2.75) is 58.6 Å². The monoisotopic (exact) mass is 225 g/mol. The maximum atomic E-state index is 11.2. The summed E-state index contributed by atoms with van der Waals surface area (Å²) in [7, 11) is 0. The maximum absolute atomic E-state index is 11.2. The molecule has 1 aliphatic rings. The summed E-state index contributed by atoms with van der Waals surface area (Å²) in [6.07, 6.45) is 5.78. The van der Waals surface area contributed by atoms with Crippen LogP contribution in [0.15, 0.2) is 11.8 Å². The van der Waals surface area contributed by atoms with Crippen molar-refractivity contribution in [3.63, 3.8) is 0 Å². The van der Waals surface area contributed by atoms with Gasteiger partial charge in [-0.25, -0.2) is 0 Å². The lowest BCUT2D eigenvalue weighted by atomic mass is 9.90. The van der Waals surface area contributed by atoms with Gasteiger partial charge in [0.2, 0.25) is 0 Å². The predicted molar refractivity (Wildman–Crippen MR) is 65.0 cm³/mol. The molecule has 0 aliphatic carbocycles. The number of carbonyl (C=O) groups is 1. The van der Waals surface area contributed by atoms with Crippen molar-refractivity contribution in [3.05, 3.63) is 11.8 Å². The van der Waals surface area contributed by atoms with Gasteiger partial charge in [0.05, 0.1) is 6.04 Å². The molecule has 2 N–H and O–H groups in total. The summed E-state index contributed by atoms with van der Waals surface area (Å²) in [5.74, 6) is 0.359. The number of aliphatic hydroxyl groups is 1. The highest BCUT2D eigenvalue weighted by Gasteiger charge is 2.33. The van der Waals surface area contributed by atoms with Crippen molar-refractivity contribution in [3.8, 4) is 0 Å². The van der Waals surface area contributed by atoms with E-state index < -0.39 is 6.10 Å². The second-order valence-electron chi connectivity index (χ2n) is 4.77. The van der Waals surface area contributed by atoms with Crippen molar-refractivity contribution >= 4 is 5.78 Å². The van der Waals surface area contributed by atoms with Crippen molar-refractivity contribution in [2.75, 3.05) is 0 Å². The normalized spacial score (nSPS) is 26.1. The quantitative estimate of drug-likeness (QED) is 0.680. The Morgan fingerprint density at radius 1 is 1.56 bits per heavy atom. The Hall–Kier alpha value is -0.830. The van der Waals surface area contributed by atoms with E-state index in [4.69, 9.17) is 0 Å². The number of hydrogen-bond acceptors (Lipinski definition) is 3. The highest BCUT2D eigenvalue weighted by molar-refractivity contribution is 5.94. The first-order valence-corrected chi connectivity index (χ1v) is 6.23. The summed E-state index contributed by atoms with van der Waals surface area (Å²) in [5.41, 5.74) is 0.521. The number of rotatable bonds is 6. The third kappa shape index (κ3) is 3.08. The van der Waals surface area contributed by atoms with Gasteiger partial charge in [-0.05, 0) is 19.3 Å². The van der Waals surface area contributed by atoms with Crippen LogP contribution in [-0.2, 0) is 4.79 Å². The standard InChI is InChI=1S/C13H23NO2/c1-4-5-6-7-9(2)12-13(16)11(8-14-12)10(3)15/h8-9,12-14,16H,4-7H2,1-3H3. The van der Waals surface area contributed by atoms with Crippen molar-refractivity contribution in [1.29, 1.82) is 0 Å². The van der Waals surface area contributed by atoms with E-state index in [1.807, 2.05) is 0 Å². The van der Waals surface area contributed by atoms with E-state index >= 15 is 0 Å². The van der Waals surface area contributed by atoms with E-state index in [2.05, 4.69) is 19.2 Å². The number of unbranched alkanes of at least 4 members (excludes halogenated alkanes) is 2. The van der Waals surface area contributed by atoms with E-state index in [9.17, 15) is 9.90 Å². The number of aliphatic hydroxyl groups excluding tert-OH is 1. The van der Waals surface area contributed by atoms with Gasteiger partial charge in [0.1, 0.15) is 6.10 Å². The Kier molecular flexibility index (Phi) is 5.00. The number of hydrogen-bond donors (Lipinski definition) is 2. The molecule has 3 atom stereocenters. The number of nitrogens with one attached hydrogen (secondary N) is 1. The molecule has 3 heteroatoms. The summed E-state index contributed by atoms with van der Waals surface area (Å²) < 4.78 is 0. The minimum atomic E-state index is -0.630. The zero-order valence-electron chi connectivity index (χ0n) is 10.5. The van der Waals surface area contributed by atoms with Crippen LogP contribution in [0.1, 0.15) is 46.5 Å². The first-order chi connectivity index (χ1) is 7.57. The number of carbonyl (C=O) groups excluding carboxylic acids is 1. The third-order valence-corrected chi connectivity index (χ3v) is 3.37. The van der Waals surface area contributed by atoms with Crippen LogP contribution in [0, 0.1) is 5.92 Å². The summed E-state index contributed by atoms with van der Waals surface area (Å²) in [5, 5.41) is 13.1. The Bertz CT molecular complexity index is 273. The molecule has 0 fully saturated rings. The van der Waals surface area contributed by atoms with Crippen LogP contribution in [0.3, 0.4) is 0 Å². The molecular formula is C13H23NO2. The van der Waals surface area contributed by atoms with Gasteiger partial charge in [-0.1, -0.05) is 33.1 Å². The molecule has 3 nitrogen and oxygen atoms in total. The van der Waals surface area contributed by atoms with Gasteiger partial charge < -0.3 is 10.4 Å². The molecule has 0 saturated carbocycles. The Labute approximate surface area is 97.9 Å². The van der Waals surface area contributed by atoms with Crippen LogP contribution in [0.25, 0.3) is 0 Å². The Balaban J connectivity index is 2.43. The highest BCUT2D eigenvalue weighted by Crippen LogP contribution is 2.23. The molecule has 0 aromatic carbocycles. The molecule has 0 aromatic rings. The summed E-state index contributed by atoms with van der Waals surface area (Å²) >= 11 is 0. The van der Waals surface area contributed by atoms with Crippen LogP contribution in [0.2, 0.25) is 0 Å². The molecule has 1 heterocycles. The SMILES string of the molecule is CCCCCC(C)C1NC=C(C(C)=O)C1O. The van der Waals surface area contributed by atoms with Gasteiger partial charge in [-0.2, -0.15) is 0 Å². The maximum Gasteiger partial charge on any atom is 0.159 e. The Morgan fingerprint density at radius 3 is 2.75 bits per heavy atom.